The number of aromatic nitrogens is 1. The Morgan fingerprint density at radius 2 is 1.95 bits per heavy atom. The number of ketones is 1. The van der Waals surface area contributed by atoms with Crippen molar-refractivity contribution in [2.45, 2.75) is 33.5 Å². The molecule has 3 nitrogen and oxygen atoms in total. The summed E-state index contributed by atoms with van der Waals surface area (Å²) < 4.78 is 5.61. The van der Waals surface area contributed by atoms with Crippen molar-refractivity contribution in [3.05, 3.63) is 53.7 Å². The van der Waals surface area contributed by atoms with Crippen molar-refractivity contribution in [3.63, 3.8) is 0 Å². The third kappa shape index (κ3) is 3.75. The van der Waals surface area contributed by atoms with Crippen molar-refractivity contribution in [1.82, 2.24) is 4.98 Å². The minimum absolute atomic E-state index is 0.0221. The molecule has 0 aliphatic rings. The van der Waals surface area contributed by atoms with Crippen LogP contribution in [0.25, 0.3) is 11.3 Å². The van der Waals surface area contributed by atoms with Crippen LogP contribution in [-0.4, -0.2) is 16.9 Å². The second-order valence-electron chi connectivity index (χ2n) is 5.02. The molecular weight excluding hydrogens is 250 g/mol. The normalized spacial score (nSPS) is 10.8. The van der Waals surface area contributed by atoms with E-state index in [4.69, 9.17) is 4.74 Å². The molecule has 0 spiro atoms. The van der Waals surface area contributed by atoms with Crippen LogP contribution in [0, 0.1) is 0 Å². The van der Waals surface area contributed by atoms with Gasteiger partial charge in [-0.15, -0.1) is 0 Å². The molecule has 0 bridgehead atoms. The van der Waals surface area contributed by atoms with Crippen LogP contribution < -0.4 is 0 Å². The summed E-state index contributed by atoms with van der Waals surface area (Å²) in [6.07, 6.45) is 0.206. The Hall–Kier alpha value is -2.00. The molecule has 0 fully saturated rings. The van der Waals surface area contributed by atoms with Gasteiger partial charge in [0.05, 0.1) is 18.4 Å². The second-order valence-corrected chi connectivity index (χ2v) is 5.02. The van der Waals surface area contributed by atoms with Crippen LogP contribution in [0.3, 0.4) is 0 Å². The largest absolute Gasteiger partial charge is 0.374 e. The molecule has 1 aromatic carbocycles. The monoisotopic (exact) mass is 269 g/mol. The highest BCUT2D eigenvalue weighted by atomic mass is 16.5. The molecule has 0 unspecified atom stereocenters. The van der Waals surface area contributed by atoms with Crippen molar-refractivity contribution >= 4 is 5.78 Å². The maximum absolute atomic E-state index is 11.4. The number of rotatable bonds is 5. The quantitative estimate of drug-likeness (QED) is 0.773. The summed E-state index contributed by atoms with van der Waals surface area (Å²) in [5.74, 6) is -0.0221. The third-order valence-electron chi connectivity index (χ3n) is 2.92. The highest BCUT2D eigenvalue weighted by Gasteiger charge is 2.05. The lowest BCUT2D eigenvalue weighted by atomic mass is 10.1. The molecule has 0 radical (unpaired) electrons. The zero-order chi connectivity index (χ0) is 14.5. The van der Waals surface area contributed by atoms with E-state index in [0.29, 0.717) is 12.3 Å². The number of hydrogen-bond donors (Lipinski definition) is 0. The first-order chi connectivity index (χ1) is 9.56. The molecule has 104 valence electrons. The Morgan fingerprint density at radius 3 is 2.65 bits per heavy atom. The molecule has 3 heteroatoms. The maximum Gasteiger partial charge on any atom is 0.178 e. The van der Waals surface area contributed by atoms with Gasteiger partial charge in [-0.25, -0.2) is 4.98 Å². The lowest BCUT2D eigenvalue weighted by molar-refractivity contribution is 0.0657. The van der Waals surface area contributed by atoms with Gasteiger partial charge in [-0.3, -0.25) is 4.79 Å². The number of ether oxygens (including phenoxy) is 1. The molecular formula is C17H19NO2. The molecule has 0 N–H and O–H groups in total. The number of nitrogens with zero attached hydrogens (tertiary/aromatic N) is 1. The summed E-state index contributed by atoms with van der Waals surface area (Å²) in [5, 5.41) is 0. The molecule has 20 heavy (non-hydrogen) atoms. The molecule has 2 rings (SSSR count). The number of carbonyl (C=O) groups is 1. The van der Waals surface area contributed by atoms with Gasteiger partial charge in [0.15, 0.2) is 5.78 Å². The smallest absolute Gasteiger partial charge is 0.178 e. The van der Waals surface area contributed by atoms with Crippen LogP contribution in [0.15, 0.2) is 42.5 Å². The average Bonchev–Trinajstić information content (AvgIpc) is 2.45. The van der Waals surface area contributed by atoms with E-state index in [1.807, 2.05) is 44.2 Å². The number of Topliss-reactive ketones (excluding diaryl/α,β-unsaturated/α-hetero) is 1. The van der Waals surface area contributed by atoms with E-state index in [1.165, 1.54) is 6.92 Å². The van der Waals surface area contributed by atoms with E-state index >= 15 is 0 Å². The number of pyridine rings is 1. The summed E-state index contributed by atoms with van der Waals surface area (Å²) in [4.78, 5) is 15.8. The molecule has 0 atom stereocenters. The van der Waals surface area contributed by atoms with E-state index in [0.717, 1.165) is 16.8 Å². The zero-order valence-electron chi connectivity index (χ0n) is 12.1. The lowest BCUT2D eigenvalue weighted by Gasteiger charge is -2.09. The van der Waals surface area contributed by atoms with Gasteiger partial charge in [0.2, 0.25) is 0 Å². The predicted octanol–water partition coefficient (Wildman–Crippen LogP) is 3.88. The van der Waals surface area contributed by atoms with E-state index < -0.39 is 0 Å². The summed E-state index contributed by atoms with van der Waals surface area (Å²) in [6.45, 7) is 6.14. The Kier molecular flexibility index (Phi) is 4.64. The van der Waals surface area contributed by atoms with Crippen molar-refractivity contribution < 1.29 is 9.53 Å². The van der Waals surface area contributed by atoms with Crippen LogP contribution in [0.1, 0.15) is 36.8 Å². The Bertz CT molecular complexity index is 605. The van der Waals surface area contributed by atoms with Crippen LogP contribution in [0.5, 0.6) is 0 Å². The molecule has 0 amide bonds. The molecule has 0 saturated carbocycles. The molecule has 1 heterocycles. The number of hydrogen-bond acceptors (Lipinski definition) is 3. The second kappa shape index (κ2) is 6.44. The highest BCUT2D eigenvalue weighted by molar-refractivity contribution is 5.92. The first-order valence-electron chi connectivity index (χ1n) is 6.75. The van der Waals surface area contributed by atoms with Crippen LogP contribution in [0.2, 0.25) is 0 Å². The van der Waals surface area contributed by atoms with Gasteiger partial charge >= 0.3 is 0 Å². The molecule has 0 saturated heterocycles. The summed E-state index contributed by atoms with van der Waals surface area (Å²) >= 11 is 0. The van der Waals surface area contributed by atoms with E-state index in [1.54, 1.807) is 6.07 Å². The predicted molar refractivity (Wildman–Crippen MR) is 79.6 cm³/mol. The topological polar surface area (TPSA) is 39.2 Å². The van der Waals surface area contributed by atoms with Gasteiger partial charge in [0, 0.05) is 12.5 Å². The van der Waals surface area contributed by atoms with Gasteiger partial charge in [-0.2, -0.15) is 0 Å². The molecule has 2 aromatic rings. The van der Waals surface area contributed by atoms with Crippen molar-refractivity contribution in [2.75, 3.05) is 0 Å². The van der Waals surface area contributed by atoms with Crippen molar-refractivity contribution in [2.24, 2.45) is 0 Å². The molecule has 0 aliphatic heterocycles. The van der Waals surface area contributed by atoms with Gasteiger partial charge in [-0.05, 0) is 37.6 Å². The van der Waals surface area contributed by atoms with Crippen LogP contribution in [0.4, 0.5) is 0 Å². The lowest BCUT2D eigenvalue weighted by Crippen LogP contribution is -2.02. The van der Waals surface area contributed by atoms with Gasteiger partial charge in [-0.1, -0.05) is 24.3 Å². The first-order valence-corrected chi connectivity index (χ1v) is 6.75. The van der Waals surface area contributed by atoms with Gasteiger partial charge in [0.1, 0.15) is 5.69 Å². The van der Waals surface area contributed by atoms with Crippen molar-refractivity contribution in [1.29, 1.82) is 0 Å². The summed E-state index contributed by atoms with van der Waals surface area (Å²) in [6, 6.07) is 13.6. The fourth-order valence-electron chi connectivity index (χ4n) is 1.87. The SMILES string of the molecule is CC(=O)c1cccc(-c2cccc(COC(C)C)c2)n1. The number of carbonyl (C=O) groups excluding carboxylic acids is 1. The fourth-order valence-corrected chi connectivity index (χ4v) is 1.87. The van der Waals surface area contributed by atoms with E-state index in [-0.39, 0.29) is 11.9 Å². The van der Waals surface area contributed by atoms with Gasteiger partial charge in [0.25, 0.3) is 0 Å². The zero-order valence-corrected chi connectivity index (χ0v) is 12.1. The standard InChI is InChI=1S/C17H19NO2/c1-12(2)20-11-14-6-4-7-15(10-14)17-9-5-8-16(18-17)13(3)19/h4-10,12H,11H2,1-3H3. The summed E-state index contributed by atoms with van der Waals surface area (Å²) in [5.41, 5.74) is 3.40. The first kappa shape index (κ1) is 14.4. The highest BCUT2D eigenvalue weighted by Crippen LogP contribution is 2.19. The minimum atomic E-state index is -0.0221. The number of benzene rings is 1. The van der Waals surface area contributed by atoms with Gasteiger partial charge < -0.3 is 4.74 Å². The summed E-state index contributed by atoms with van der Waals surface area (Å²) in [7, 11) is 0. The van der Waals surface area contributed by atoms with Crippen LogP contribution >= 0.6 is 0 Å². The van der Waals surface area contributed by atoms with E-state index in [9.17, 15) is 4.79 Å². The van der Waals surface area contributed by atoms with Crippen molar-refractivity contribution in [3.8, 4) is 11.3 Å². The van der Waals surface area contributed by atoms with Crippen LogP contribution in [-0.2, 0) is 11.3 Å². The Labute approximate surface area is 119 Å². The molecule has 1 aromatic heterocycles. The average molecular weight is 269 g/mol. The Balaban J connectivity index is 2.26. The molecule has 0 aliphatic carbocycles. The Morgan fingerprint density at radius 1 is 1.20 bits per heavy atom. The fraction of sp³-hybridized carbons (Fsp3) is 0.294. The third-order valence-corrected chi connectivity index (χ3v) is 2.92. The minimum Gasteiger partial charge on any atom is -0.374 e. The maximum atomic E-state index is 11.4. The van der Waals surface area contributed by atoms with E-state index in [2.05, 4.69) is 11.1 Å².